The molecule has 0 saturated carbocycles. The number of aromatic nitrogens is 3. The highest BCUT2D eigenvalue weighted by Crippen LogP contribution is 2.35. The zero-order valence-electron chi connectivity index (χ0n) is 25.5. The van der Waals surface area contributed by atoms with Crippen LogP contribution in [0, 0.1) is 6.92 Å². The molecule has 1 aliphatic rings. The number of hydrogen-bond acceptors (Lipinski definition) is 5. The van der Waals surface area contributed by atoms with Crippen molar-refractivity contribution in [2.75, 3.05) is 23.7 Å². The van der Waals surface area contributed by atoms with Crippen LogP contribution in [0.2, 0.25) is 0 Å². The minimum Gasteiger partial charge on any atom is -0.406 e. The van der Waals surface area contributed by atoms with Gasteiger partial charge in [-0.25, -0.2) is 14.5 Å². The molecule has 1 atom stereocenters. The van der Waals surface area contributed by atoms with Gasteiger partial charge in [-0.3, -0.25) is 0 Å². The zero-order chi connectivity index (χ0) is 32.1. The number of alkyl halides is 3. The standard InChI is InChI=1S/C33H35F3N6O2S/c1-5-23(19-37-31(43)39-32-41(17-18-45-32)28-8-6-7-22(4)29(28)21(2)3)24-9-11-25(12-10-24)30-38-20-42(40-30)26-13-15-27(16-14-26)44-33(34,35)36/h6-16,20-21,23H,5,17-19H2,1-4H3,(H,37,43)/b39-32-. The number of anilines is 1. The second-order valence-electron chi connectivity index (χ2n) is 11.0. The summed E-state index contributed by atoms with van der Waals surface area (Å²) in [4.78, 5) is 23.9. The second-order valence-corrected chi connectivity index (χ2v) is 12.1. The molecule has 0 spiro atoms. The average Bonchev–Trinajstić information content (AvgIpc) is 3.67. The van der Waals surface area contributed by atoms with Crippen molar-refractivity contribution in [3.05, 3.63) is 89.7 Å². The van der Waals surface area contributed by atoms with Gasteiger partial charge in [-0.1, -0.05) is 68.9 Å². The number of benzene rings is 3. The maximum Gasteiger partial charge on any atom is 0.573 e. The van der Waals surface area contributed by atoms with Crippen LogP contribution < -0.4 is 15.0 Å². The highest BCUT2D eigenvalue weighted by Gasteiger charge is 2.31. The lowest BCUT2D eigenvalue weighted by atomic mass is 9.95. The highest BCUT2D eigenvalue weighted by molar-refractivity contribution is 8.14. The molecule has 236 valence electrons. The minimum atomic E-state index is -4.75. The molecule has 0 aliphatic carbocycles. The van der Waals surface area contributed by atoms with Crippen LogP contribution in [0.25, 0.3) is 17.1 Å². The fourth-order valence-corrected chi connectivity index (χ4v) is 6.38. The molecule has 1 aliphatic heterocycles. The number of halogens is 3. The first kappa shape index (κ1) is 32.1. The van der Waals surface area contributed by atoms with E-state index in [1.165, 1.54) is 46.4 Å². The molecule has 1 aromatic heterocycles. The van der Waals surface area contributed by atoms with Gasteiger partial charge < -0.3 is 15.0 Å². The first-order valence-corrected chi connectivity index (χ1v) is 15.8. The molecule has 2 amide bonds. The van der Waals surface area contributed by atoms with Gasteiger partial charge in [0.15, 0.2) is 11.0 Å². The Morgan fingerprint density at radius 1 is 1.09 bits per heavy atom. The van der Waals surface area contributed by atoms with Crippen molar-refractivity contribution in [3.8, 4) is 22.8 Å². The Labute approximate surface area is 264 Å². The van der Waals surface area contributed by atoms with E-state index in [4.69, 9.17) is 0 Å². The monoisotopic (exact) mass is 636 g/mol. The fraction of sp³-hybridized carbons (Fsp3) is 0.333. The van der Waals surface area contributed by atoms with Gasteiger partial charge in [0.1, 0.15) is 12.1 Å². The largest absolute Gasteiger partial charge is 0.573 e. The number of amidine groups is 1. The van der Waals surface area contributed by atoms with E-state index < -0.39 is 6.36 Å². The van der Waals surface area contributed by atoms with Crippen molar-refractivity contribution in [2.24, 2.45) is 4.99 Å². The minimum absolute atomic E-state index is 0.0859. The van der Waals surface area contributed by atoms with E-state index in [1.54, 1.807) is 11.8 Å². The number of amides is 2. The molecule has 45 heavy (non-hydrogen) atoms. The zero-order valence-corrected chi connectivity index (χ0v) is 26.3. The van der Waals surface area contributed by atoms with Crippen molar-refractivity contribution in [3.63, 3.8) is 0 Å². The lowest BCUT2D eigenvalue weighted by Gasteiger charge is -2.24. The van der Waals surface area contributed by atoms with E-state index >= 15 is 0 Å². The Hall–Kier alpha value is -4.32. The second kappa shape index (κ2) is 13.8. The van der Waals surface area contributed by atoms with Crippen LogP contribution >= 0.6 is 11.8 Å². The van der Waals surface area contributed by atoms with E-state index in [-0.39, 0.29) is 17.7 Å². The molecule has 1 N–H and O–H groups in total. The Kier molecular flexibility index (Phi) is 9.81. The van der Waals surface area contributed by atoms with E-state index in [0.29, 0.717) is 24.0 Å². The van der Waals surface area contributed by atoms with Gasteiger partial charge >= 0.3 is 12.4 Å². The maximum atomic E-state index is 12.9. The van der Waals surface area contributed by atoms with Crippen LogP contribution in [0.4, 0.5) is 23.7 Å². The number of hydrogen-bond donors (Lipinski definition) is 1. The Bertz CT molecular complexity index is 1650. The molecule has 1 fully saturated rings. The highest BCUT2D eigenvalue weighted by atomic mass is 32.2. The lowest BCUT2D eigenvalue weighted by molar-refractivity contribution is -0.274. The van der Waals surface area contributed by atoms with Crippen LogP contribution in [-0.4, -0.2) is 51.2 Å². The molecule has 0 radical (unpaired) electrons. The Morgan fingerprint density at radius 3 is 2.49 bits per heavy atom. The van der Waals surface area contributed by atoms with Crippen molar-refractivity contribution < 1.29 is 22.7 Å². The number of urea groups is 1. The molecule has 0 bridgehead atoms. The number of thioether (sulfide) groups is 1. The van der Waals surface area contributed by atoms with Gasteiger partial charge in [0.2, 0.25) is 0 Å². The van der Waals surface area contributed by atoms with Gasteiger partial charge in [0.05, 0.1) is 5.69 Å². The third-order valence-corrected chi connectivity index (χ3v) is 8.56. The molecule has 1 unspecified atom stereocenters. The number of aliphatic imine (C=N–C) groups is 1. The summed E-state index contributed by atoms with van der Waals surface area (Å²) in [6.07, 6.45) is -2.43. The number of nitrogens with zero attached hydrogens (tertiary/aromatic N) is 5. The SMILES string of the molecule is CCC(CNC(=O)/N=C1\SCCN1c1cccc(C)c1C(C)C)c1ccc(-c2ncn(-c3ccc(OC(F)(F)F)cc3)n2)cc1. The first-order chi connectivity index (χ1) is 21.5. The van der Waals surface area contributed by atoms with Crippen LogP contribution in [-0.2, 0) is 0 Å². The molecule has 4 aromatic rings. The van der Waals surface area contributed by atoms with Crippen molar-refractivity contribution in [2.45, 2.75) is 52.3 Å². The summed E-state index contributed by atoms with van der Waals surface area (Å²) in [5.74, 6) is 1.48. The van der Waals surface area contributed by atoms with E-state index in [2.05, 4.69) is 75.9 Å². The number of rotatable bonds is 9. The summed E-state index contributed by atoms with van der Waals surface area (Å²) in [6, 6.07) is 19.1. The number of ether oxygens (including phenoxy) is 1. The topological polar surface area (TPSA) is 84.6 Å². The Balaban J connectivity index is 1.21. The molecule has 12 heteroatoms. The lowest BCUT2D eigenvalue weighted by Crippen LogP contribution is -2.30. The molecule has 8 nitrogen and oxygen atoms in total. The fourth-order valence-electron chi connectivity index (χ4n) is 5.43. The van der Waals surface area contributed by atoms with Gasteiger partial charge in [-0.15, -0.1) is 18.3 Å². The maximum absolute atomic E-state index is 12.9. The predicted molar refractivity (Wildman–Crippen MR) is 172 cm³/mol. The van der Waals surface area contributed by atoms with E-state index in [9.17, 15) is 18.0 Å². The Morgan fingerprint density at radius 2 is 1.82 bits per heavy atom. The van der Waals surface area contributed by atoms with Crippen LogP contribution in [0.3, 0.4) is 0 Å². The summed E-state index contributed by atoms with van der Waals surface area (Å²) in [5.41, 5.74) is 6.02. The predicted octanol–water partition coefficient (Wildman–Crippen LogP) is 8.08. The molecular weight excluding hydrogens is 601 g/mol. The number of aryl methyl sites for hydroxylation is 1. The molecule has 3 aromatic carbocycles. The van der Waals surface area contributed by atoms with Gasteiger partial charge in [-0.2, -0.15) is 4.99 Å². The summed E-state index contributed by atoms with van der Waals surface area (Å²) in [6.45, 7) is 9.81. The van der Waals surface area contributed by atoms with Gasteiger partial charge in [0, 0.05) is 36.0 Å². The summed E-state index contributed by atoms with van der Waals surface area (Å²) >= 11 is 1.59. The number of carbonyl (C=O) groups is 1. The average molecular weight is 637 g/mol. The normalized spacial score (nSPS) is 15.1. The summed E-state index contributed by atoms with van der Waals surface area (Å²) in [7, 11) is 0. The van der Waals surface area contributed by atoms with Gasteiger partial charge in [0.25, 0.3) is 0 Å². The third kappa shape index (κ3) is 7.86. The molecular formula is C33H35F3N6O2S. The number of carbonyl (C=O) groups excluding carboxylic acids is 1. The quantitative estimate of drug-likeness (QED) is 0.200. The van der Waals surface area contributed by atoms with Crippen LogP contribution in [0.1, 0.15) is 55.7 Å². The van der Waals surface area contributed by atoms with Crippen LogP contribution in [0.15, 0.2) is 78.0 Å². The molecule has 5 rings (SSSR count). The van der Waals surface area contributed by atoms with E-state index in [1.807, 2.05) is 24.3 Å². The van der Waals surface area contributed by atoms with Crippen molar-refractivity contribution in [1.29, 1.82) is 0 Å². The first-order valence-electron chi connectivity index (χ1n) is 14.8. The van der Waals surface area contributed by atoms with Gasteiger partial charge in [-0.05, 0) is 66.3 Å². The van der Waals surface area contributed by atoms with Crippen molar-refractivity contribution >= 4 is 28.6 Å². The van der Waals surface area contributed by atoms with Crippen molar-refractivity contribution in [1.82, 2.24) is 20.1 Å². The third-order valence-electron chi connectivity index (χ3n) is 7.60. The number of nitrogens with one attached hydrogen (secondary N) is 1. The summed E-state index contributed by atoms with van der Waals surface area (Å²) < 4.78 is 42.7. The molecule has 1 saturated heterocycles. The molecule has 2 heterocycles. The van der Waals surface area contributed by atoms with Crippen LogP contribution in [0.5, 0.6) is 5.75 Å². The van der Waals surface area contributed by atoms with E-state index in [0.717, 1.165) is 40.7 Å². The smallest absolute Gasteiger partial charge is 0.406 e. The summed E-state index contributed by atoms with van der Waals surface area (Å²) in [5, 5.41) is 8.19.